The number of hydrogen-bond acceptors (Lipinski definition) is 2. The highest BCUT2D eigenvalue weighted by molar-refractivity contribution is 5.75. The van der Waals surface area contributed by atoms with Gasteiger partial charge in [-0.15, -0.1) is 0 Å². The summed E-state index contributed by atoms with van der Waals surface area (Å²) in [5.41, 5.74) is 0. The number of aliphatic carboxylic acids is 1. The van der Waals surface area contributed by atoms with Crippen LogP contribution in [0.15, 0.2) is 0 Å². The molecule has 1 saturated heterocycles. The van der Waals surface area contributed by atoms with E-state index in [1.165, 1.54) is 0 Å². The third kappa shape index (κ3) is 3.15. The summed E-state index contributed by atoms with van der Waals surface area (Å²) < 4.78 is 0. The van der Waals surface area contributed by atoms with Crippen molar-refractivity contribution in [1.82, 2.24) is 10.2 Å². The van der Waals surface area contributed by atoms with Crippen molar-refractivity contribution in [1.29, 1.82) is 0 Å². The summed E-state index contributed by atoms with van der Waals surface area (Å²) in [6, 6.07) is 0.183. The third-order valence-electron chi connectivity index (χ3n) is 4.12. The highest BCUT2D eigenvalue weighted by atomic mass is 16.4. The Kier molecular flexibility index (Phi) is 4.09. The summed E-state index contributed by atoms with van der Waals surface area (Å²) in [6.45, 7) is 3.85. The lowest BCUT2D eigenvalue weighted by atomic mass is 9.86. The van der Waals surface area contributed by atoms with Crippen LogP contribution in [0.25, 0.3) is 0 Å². The summed E-state index contributed by atoms with van der Waals surface area (Å²) in [4.78, 5) is 24.7. The van der Waals surface area contributed by atoms with Crippen molar-refractivity contribution in [3.63, 3.8) is 0 Å². The molecule has 18 heavy (non-hydrogen) atoms. The molecular weight excluding hydrogens is 232 g/mol. The number of amides is 2. The van der Waals surface area contributed by atoms with Gasteiger partial charge in [0.2, 0.25) is 0 Å². The van der Waals surface area contributed by atoms with E-state index < -0.39 is 5.97 Å². The van der Waals surface area contributed by atoms with E-state index in [2.05, 4.69) is 12.2 Å². The van der Waals surface area contributed by atoms with Crippen molar-refractivity contribution in [2.24, 2.45) is 11.8 Å². The van der Waals surface area contributed by atoms with Gasteiger partial charge in [0.15, 0.2) is 0 Å². The minimum atomic E-state index is -0.701. The molecule has 0 spiro atoms. The van der Waals surface area contributed by atoms with Crippen LogP contribution in [0.2, 0.25) is 0 Å². The van der Waals surface area contributed by atoms with Crippen molar-refractivity contribution < 1.29 is 14.7 Å². The van der Waals surface area contributed by atoms with Gasteiger partial charge < -0.3 is 15.3 Å². The van der Waals surface area contributed by atoms with Crippen LogP contribution in [0.1, 0.15) is 39.0 Å². The van der Waals surface area contributed by atoms with E-state index in [4.69, 9.17) is 5.11 Å². The maximum Gasteiger partial charge on any atom is 0.317 e. The largest absolute Gasteiger partial charge is 0.481 e. The third-order valence-corrected chi connectivity index (χ3v) is 4.12. The second-order valence-corrected chi connectivity index (χ2v) is 5.68. The Bertz CT molecular complexity index is 324. The molecule has 1 atom stereocenters. The fraction of sp³-hybridized carbons (Fsp3) is 0.846. The van der Waals surface area contributed by atoms with Gasteiger partial charge in [0.05, 0.1) is 5.92 Å². The molecule has 1 aliphatic heterocycles. The van der Waals surface area contributed by atoms with E-state index in [1.54, 1.807) is 0 Å². The average Bonchev–Trinajstić information content (AvgIpc) is 2.76. The number of carbonyl (C=O) groups excluding carboxylic acids is 1. The van der Waals surface area contributed by atoms with Crippen molar-refractivity contribution in [2.45, 2.75) is 45.1 Å². The average molecular weight is 254 g/mol. The number of hydrogen-bond donors (Lipinski definition) is 2. The van der Waals surface area contributed by atoms with E-state index in [-0.39, 0.29) is 18.0 Å². The molecule has 5 heteroatoms. The number of rotatable bonds is 2. The zero-order valence-electron chi connectivity index (χ0n) is 10.9. The van der Waals surface area contributed by atoms with Crippen molar-refractivity contribution in [2.75, 3.05) is 13.1 Å². The number of carboxylic acid groups (broad SMARTS) is 1. The standard InChI is InChI=1S/C13H22N2O3/c1-9-6-7-15(8-9)13(18)14-11-4-2-10(3-5-11)12(16)17/h9-11H,2-8H2,1H3,(H,14,18)(H,16,17). The second-order valence-electron chi connectivity index (χ2n) is 5.68. The van der Waals surface area contributed by atoms with E-state index in [0.29, 0.717) is 18.8 Å². The Morgan fingerprint density at radius 1 is 1.17 bits per heavy atom. The van der Waals surface area contributed by atoms with Crippen LogP contribution >= 0.6 is 0 Å². The van der Waals surface area contributed by atoms with Gasteiger partial charge >= 0.3 is 12.0 Å². The maximum atomic E-state index is 12.0. The Balaban J connectivity index is 1.74. The molecule has 0 aromatic carbocycles. The lowest BCUT2D eigenvalue weighted by Crippen LogP contribution is -2.45. The highest BCUT2D eigenvalue weighted by Gasteiger charge is 2.29. The first-order valence-electron chi connectivity index (χ1n) is 6.84. The topological polar surface area (TPSA) is 69.6 Å². The minimum absolute atomic E-state index is 0.0260. The molecule has 102 valence electrons. The van der Waals surface area contributed by atoms with Crippen LogP contribution < -0.4 is 5.32 Å². The Morgan fingerprint density at radius 3 is 2.33 bits per heavy atom. The smallest absolute Gasteiger partial charge is 0.317 e. The molecule has 1 unspecified atom stereocenters. The SMILES string of the molecule is CC1CCN(C(=O)NC2CCC(C(=O)O)CC2)C1. The zero-order chi connectivity index (χ0) is 13.1. The minimum Gasteiger partial charge on any atom is -0.481 e. The monoisotopic (exact) mass is 254 g/mol. The lowest BCUT2D eigenvalue weighted by molar-refractivity contribution is -0.142. The van der Waals surface area contributed by atoms with Crippen LogP contribution in [0, 0.1) is 11.8 Å². The van der Waals surface area contributed by atoms with Crippen molar-refractivity contribution in [3.05, 3.63) is 0 Å². The number of carboxylic acids is 1. The number of nitrogens with zero attached hydrogens (tertiary/aromatic N) is 1. The van der Waals surface area contributed by atoms with Crippen molar-refractivity contribution >= 4 is 12.0 Å². The number of nitrogens with one attached hydrogen (secondary N) is 1. The van der Waals surface area contributed by atoms with Gasteiger partial charge in [-0.05, 0) is 38.0 Å². The van der Waals surface area contributed by atoms with Gasteiger partial charge in [-0.25, -0.2) is 4.79 Å². The molecule has 2 aliphatic rings. The fourth-order valence-electron chi connectivity index (χ4n) is 2.87. The summed E-state index contributed by atoms with van der Waals surface area (Å²) in [6.07, 6.45) is 4.00. The zero-order valence-corrected chi connectivity index (χ0v) is 10.9. The first-order valence-corrected chi connectivity index (χ1v) is 6.84. The second kappa shape index (κ2) is 5.59. The Hall–Kier alpha value is -1.26. The number of carbonyl (C=O) groups is 2. The van der Waals surface area contributed by atoms with E-state index in [1.807, 2.05) is 4.90 Å². The van der Waals surface area contributed by atoms with E-state index >= 15 is 0 Å². The Morgan fingerprint density at radius 2 is 1.83 bits per heavy atom. The van der Waals surface area contributed by atoms with Crippen LogP contribution in [0.4, 0.5) is 4.79 Å². The Labute approximate surface area is 108 Å². The van der Waals surface area contributed by atoms with Crippen LogP contribution in [0.5, 0.6) is 0 Å². The van der Waals surface area contributed by atoms with Gasteiger partial charge in [0.25, 0.3) is 0 Å². The summed E-state index contributed by atoms with van der Waals surface area (Å²) in [5, 5.41) is 11.9. The van der Waals surface area contributed by atoms with Crippen LogP contribution in [0.3, 0.4) is 0 Å². The maximum absolute atomic E-state index is 12.0. The van der Waals surface area contributed by atoms with E-state index in [0.717, 1.165) is 32.4 Å². The predicted molar refractivity (Wildman–Crippen MR) is 67.3 cm³/mol. The molecule has 1 saturated carbocycles. The van der Waals surface area contributed by atoms with Crippen LogP contribution in [-0.4, -0.2) is 41.1 Å². The number of urea groups is 1. The molecule has 0 aromatic heterocycles. The molecule has 2 amide bonds. The van der Waals surface area contributed by atoms with Gasteiger partial charge in [0, 0.05) is 19.1 Å². The normalized spacial score (nSPS) is 32.3. The highest BCUT2D eigenvalue weighted by Crippen LogP contribution is 2.25. The van der Waals surface area contributed by atoms with Gasteiger partial charge in [0.1, 0.15) is 0 Å². The summed E-state index contributed by atoms with van der Waals surface area (Å²) in [7, 11) is 0. The lowest BCUT2D eigenvalue weighted by Gasteiger charge is -2.28. The number of likely N-dealkylation sites (tertiary alicyclic amines) is 1. The molecule has 2 rings (SSSR count). The molecule has 0 aromatic rings. The first-order chi connectivity index (χ1) is 8.56. The molecule has 2 fully saturated rings. The van der Waals surface area contributed by atoms with Crippen LogP contribution in [-0.2, 0) is 4.79 Å². The van der Waals surface area contributed by atoms with Gasteiger partial charge in [-0.1, -0.05) is 6.92 Å². The molecule has 0 radical (unpaired) electrons. The quantitative estimate of drug-likeness (QED) is 0.787. The molecular formula is C13H22N2O3. The molecule has 1 aliphatic carbocycles. The fourth-order valence-corrected chi connectivity index (χ4v) is 2.87. The molecule has 2 N–H and O–H groups in total. The molecule has 0 bridgehead atoms. The summed E-state index contributed by atoms with van der Waals surface area (Å²) in [5.74, 6) is -0.323. The molecule has 5 nitrogen and oxygen atoms in total. The van der Waals surface area contributed by atoms with Gasteiger partial charge in [-0.3, -0.25) is 4.79 Å². The van der Waals surface area contributed by atoms with Crippen molar-refractivity contribution in [3.8, 4) is 0 Å². The first kappa shape index (κ1) is 13.2. The van der Waals surface area contributed by atoms with E-state index in [9.17, 15) is 9.59 Å². The summed E-state index contributed by atoms with van der Waals surface area (Å²) >= 11 is 0. The molecule has 1 heterocycles. The predicted octanol–water partition coefficient (Wildman–Crippen LogP) is 1.68. The van der Waals surface area contributed by atoms with Gasteiger partial charge in [-0.2, -0.15) is 0 Å².